The van der Waals surface area contributed by atoms with Crippen LogP contribution in [0.3, 0.4) is 0 Å². The normalized spacial score (nSPS) is 12.4. The maximum atomic E-state index is 10.9. The third-order valence-electron chi connectivity index (χ3n) is 1.54. The highest BCUT2D eigenvalue weighted by Gasteiger charge is 2.11. The van der Waals surface area contributed by atoms with Crippen molar-refractivity contribution in [1.29, 1.82) is 0 Å². The topological polar surface area (TPSA) is 58.4 Å². The van der Waals surface area contributed by atoms with Crippen LogP contribution in [-0.2, 0) is 0 Å². The quantitative estimate of drug-likeness (QED) is 0.555. The summed E-state index contributed by atoms with van der Waals surface area (Å²) in [4.78, 5) is 12.4. The van der Waals surface area contributed by atoms with Gasteiger partial charge in [-0.3, -0.25) is 0 Å². The molecule has 3 N–H and O–H groups in total. The molecule has 0 saturated heterocycles. The molecule has 0 aromatic carbocycles. The number of hydrogen-bond donors (Lipinski definition) is 2. The van der Waals surface area contributed by atoms with Gasteiger partial charge in [-0.1, -0.05) is 0 Å². The number of nitrogens with zero attached hydrogens (tertiary/aromatic N) is 1. The van der Waals surface area contributed by atoms with Gasteiger partial charge in [-0.25, -0.2) is 4.79 Å². The second-order valence-electron chi connectivity index (χ2n) is 2.25. The Bertz CT molecular complexity index is 116. The van der Waals surface area contributed by atoms with Gasteiger partial charge in [0.2, 0.25) is 0 Å². The van der Waals surface area contributed by atoms with Crippen LogP contribution in [0.25, 0.3) is 0 Å². The smallest absolute Gasteiger partial charge is 0.317 e. The summed E-state index contributed by atoms with van der Waals surface area (Å²) in [6.45, 7) is 2.39. The molecular weight excluding hydrogens is 130 g/mol. The first-order chi connectivity index (χ1) is 4.63. The molecule has 0 aromatic heterocycles. The van der Waals surface area contributed by atoms with Gasteiger partial charge in [0, 0.05) is 26.7 Å². The van der Waals surface area contributed by atoms with Crippen LogP contribution in [-0.4, -0.2) is 37.6 Å². The zero-order chi connectivity index (χ0) is 8.15. The summed E-state index contributed by atoms with van der Waals surface area (Å²) in [6.07, 6.45) is 0. The number of rotatable bonds is 2. The summed E-state index contributed by atoms with van der Waals surface area (Å²) >= 11 is 0. The number of nitrogens with two attached hydrogens (primary N) is 1. The van der Waals surface area contributed by atoms with Gasteiger partial charge in [0.1, 0.15) is 0 Å². The third kappa shape index (κ3) is 2.23. The summed E-state index contributed by atoms with van der Waals surface area (Å²) in [5, 5.41) is 2.51. The Kier molecular flexibility index (Phi) is 3.79. The van der Waals surface area contributed by atoms with Crippen LogP contribution < -0.4 is 11.1 Å². The van der Waals surface area contributed by atoms with E-state index < -0.39 is 0 Å². The maximum Gasteiger partial charge on any atom is 0.317 e. The molecule has 0 aliphatic rings. The highest BCUT2D eigenvalue weighted by molar-refractivity contribution is 5.73. The number of amides is 2. The number of hydrogen-bond acceptors (Lipinski definition) is 2. The first kappa shape index (κ1) is 9.23. The molecule has 0 fully saturated rings. The van der Waals surface area contributed by atoms with Crippen LogP contribution in [0.5, 0.6) is 0 Å². The molecule has 0 heterocycles. The van der Waals surface area contributed by atoms with Gasteiger partial charge in [0.25, 0.3) is 0 Å². The van der Waals surface area contributed by atoms with Crippen LogP contribution in [0.1, 0.15) is 6.92 Å². The molecule has 0 rings (SSSR count). The average molecular weight is 145 g/mol. The van der Waals surface area contributed by atoms with Gasteiger partial charge in [-0.15, -0.1) is 0 Å². The van der Waals surface area contributed by atoms with Crippen molar-refractivity contribution >= 4 is 6.03 Å². The van der Waals surface area contributed by atoms with Crippen LogP contribution in [0.2, 0.25) is 0 Å². The van der Waals surface area contributed by atoms with Crippen molar-refractivity contribution < 1.29 is 4.79 Å². The zero-order valence-corrected chi connectivity index (χ0v) is 6.72. The predicted molar refractivity (Wildman–Crippen MR) is 40.7 cm³/mol. The van der Waals surface area contributed by atoms with E-state index in [-0.39, 0.29) is 12.1 Å². The lowest BCUT2D eigenvalue weighted by Gasteiger charge is -2.22. The number of carbonyl (C=O) groups excluding carboxylic acids is 1. The monoisotopic (exact) mass is 145 g/mol. The lowest BCUT2D eigenvalue weighted by atomic mass is 10.3. The highest BCUT2D eigenvalue weighted by atomic mass is 16.2. The molecule has 0 aliphatic heterocycles. The molecule has 0 spiro atoms. The molecule has 60 valence electrons. The fourth-order valence-corrected chi connectivity index (χ4v) is 0.535. The molecule has 4 nitrogen and oxygen atoms in total. The van der Waals surface area contributed by atoms with Crippen molar-refractivity contribution in [2.45, 2.75) is 13.0 Å². The highest BCUT2D eigenvalue weighted by Crippen LogP contribution is 1.91. The lowest BCUT2D eigenvalue weighted by molar-refractivity contribution is 0.197. The van der Waals surface area contributed by atoms with E-state index in [1.54, 1.807) is 19.0 Å². The molecule has 0 aliphatic carbocycles. The molecule has 0 radical (unpaired) electrons. The minimum Gasteiger partial charge on any atom is -0.341 e. The van der Waals surface area contributed by atoms with Gasteiger partial charge in [0.15, 0.2) is 0 Å². The van der Waals surface area contributed by atoms with E-state index in [0.717, 1.165) is 0 Å². The second kappa shape index (κ2) is 4.11. The minimum absolute atomic E-state index is 0.0972. The van der Waals surface area contributed by atoms with Gasteiger partial charge in [-0.2, -0.15) is 0 Å². The number of urea groups is 1. The number of carbonyl (C=O) groups is 1. The fourth-order valence-electron chi connectivity index (χ4n) is 0.535. The summed E-state index contributed by atoms with van der Waals surface area (Å²) < 4.78 is 0. The molecule has 0 saturated carbocycles. The summed E-state index contributed by atoms with van der Waals surface area (Å²) in [5.41, 5.74) is 5.34. The van der Waals surface area contributed by atoms with Crippen molar-refractivity contribution in [1.82, 2.24) is 10.2 Å². The van der Waals surface area contributed by atoms with Crippen molar-refractivity contribution in [3.8, 4) is 0 Å². The number of likely N-dealkylation sites (N-methyl/N-ethyl adjacent to an activating group) is 1. The summed E-state index contributed by atoms with van der Waals surface area (Å²) in [7, 11) is 3.32. The Morgan fingerprint density at radius 3 is 2.60 bits per heavy atom. The Morgan fingerprint density at radius 1 is 1.80 bits per heavy atom. The molecule has 2 amide bonds. The molecule has 1 atom stereocenters. The van der Waals surface area contributed by atoms with E-state index >= 15 is 0 Å². The standard InChI is InChI=1S/C6H15N3O/c1-5(4-7)9(3)6(10)8-2/h5H,4,7H2,1-3H3,(H,8,10). The largest absolute Gasteiger partial charge is 0.341 e. The van der Waals surface area contributed by atoms with Crippen molar-refractivity contribution in [3.63, 3.8) is 0 Å². The molecule has 4 heteroatoms. The van der Waals surface area contributed by atoms with E-state index in [1.165, 1.54) is 0 Å². The van der Waals surface area contributed by atoms with Crippen molar-refractivity contribution in [2.75, 3.05) is 20.6 Å². The Labute approximate surface area is 61.4 Å². The SMILES string of the molecule is CNC(=O)N(C)C(C)CN. The Balaban J connectivity index is 3.81. The van der Waals surface area contributed by atoms with Gasteiger partial charge in [-0.05, 0) is 6.92 Å². The van der Waals surface area contributed by atoms with E-state index in [9.17, 15) is 4.79 Å². The average Bonchev–Trinajstić information content (AvgIpc) is 2.00. The number of nitrogens with one attached hydrogen (secondary N) is 1. The van der Waals surface area contributed by atoms with Gasteiger partial charge in [0.05, 0.1) is 0 Å². The molecule has 0 aromatic rings. The fraction of sp³-hybridized carbons (Fsp3) is 0.833. The maximum absolute atomic E-state index is 10.9. The van der Waals surface area contributed by atoms with Crippen LogP contribution in [0.4, 0.5) is 4.79 Å². The first-order valence-corrected chi connectivity index (χ1v) is 3.28. The van der Waals surface area contributed by atoms with E-state index in [2.05, 4.69) is 5.32 Å². The van der Waals surface area contributed by atoms with Crippen molar-refractivity contribution in [2.24, 2.45) is 5.73 Å². The molecule has 0 bridgehead atoms. The van der Waals surface area contributed by atoms with Crippen molar-refractivity contribution in [3.05, 3.63) is 0 Å². The minimum atomic E-state index is -0.0991. The molecular formula is C6H15N3O. The van der Waals surface area contributed by atoms with Gasteiger partial charge >= 0.3 is 6.03 Å². The molecule has 1 unspecified atom stereocenters. The zero-order valence-electron chi connectivity index (χ0n) is 6.72. The Morgan fingerprint density at radius 2 is 2.30 bits per heavy atom. The lowest BCUT2D eigenvalue weighted by Crippen LogP contribution is -2.44. The summed E-state index contributed by atoms with van der Waals surface area (Å²) in [5.74, 6) is 0. The second-order valence-corrected chi connectivity index (χ2v) is 2.25. The van der Waals surface area contributed by atoms with Gasteiger partial charge < -0.3 is 16.0 Å². The first-order valence-electron chi connectivity index (χ1n) is 3.28. The van der Waals surface area contributed by atoms with E-state index in [4.69, 9.17) is 5.73 Å². The summed E-state index contributed by atoms with van der Waals surface area (Å²) in [6, 6.07) is -0.00194. The molecule has 10 heavy (non-hydrogen) atoms. The van der Waals surface area contributed by atoms with Crippen LogP contribution >= 0.6 is 0 Å². The Hall–Kier alpha value is -0.770. The predicted octanol–water partition coefficient (Wildman–Crippen LogP) is -0.395. The van der Waals surface area contributed by atoms with E-state index in [0.29, 0.717) is 6.54 Å². The van der Waals surface area contributed by atoms with E-state index in [1.807, 2.05) is 6.92 Å². The van der Waals surface area contributed by atoms with Crippen LogP contribution in [0, 0.1) is 0 Å². The third-order valence-corrected chi connectivity index (χ3v) is 1.54. The van der Waals surface area contributed by atoms with Crippen LogP contribution in [0.15, 0.2) is 0 Å².